The van der Waals surface area contributed by atoms with Crippen LogP contribution in [0.2, 0.25) is 0 Å². The van der Waals surface area contributed by atoms with E-state index in [9.17, 15) is 15.4 Å². The molecule has 3 aromatic rings. The molecule has 0 bridgehead atoms. The predicted octanol–water partition coefficient (Wildman–Crippen LogP) is 3.54. The van der Waals surface area contributed by atoms with Crippen LogP contribution in [-0.2, 0) is 0 Å². The number of nitro groups is 1. The summed E-state index contributed by atoms with van der Waals surface area (Å²) in [4.78, 5) is 17.5. The van der Waals surface area contributed by atoms with Crippen molar-refractivity contribution in [3.63, 3.8) is 0 Å². The Kier molecular flexibility index (Phi) is 3.38. The molecule has 2 heterocycles. The topological polar surface area (TPSA) is 95.6 Å². The Hall–Kier alpha value is -3.46. The Balaban J connectivity index is 2.16. The monoisotopic (exact) mass is 290 g/mol. The van der Waals surface area contributed by atoms with Crippen LogP contribution < -0.4 is 0 Å². The molecule has 0 unspecified atom stereocenters. The van der Waals surface area contributed by atoms with Crippen LogP contribution in [0.4, 0.5) is 5.69 Å². The Morgan fingerprint density at radius 2 is 2.27 bits per heavy atom. The zero-order valence-corrected chi connectivity index (χ0v) is 11.4. The molecule has 3 rings (SSSR count). The Labute approximate surface area is 125 Å². The third kappa shape index (κ3) is 2.43. The van der Waals surface area contributed by atoms with Crippen molar-refractivity contribution < 1.29 is 4.92 Å². The third-order valence-corrected chi connectivity index (χ3v) is 3.28. The number of nitrogens with one attached hydrogen (secondary N) is 1. The number of aromatic amines is 1. The van der Waals surface area contributed by atoms with E-state index in [2.05, 4.69) is 16.0 Å². The number of non-ortho nitro benzene ring substituents is 1. The number of fused-ring (bicyclic) bond motifs is 1. The first-order valence-electron chi connectivity index (χ1n) is 6.47. The molecule has 0 spiro atoms. The summed E-state index contributed by atoms with van der Waals surface area (Å²) in [5, 5.41) is 21.0. The first-order valence-corrected chi connectivity index (χ1v) is 6.47. The molecule has 2 aromatic heterocycles. The molecule has 0 atom stereocenters. The van der Waals surface area contributed by atoms with Crippen molar-refractivity contribution in [3.05, 3.63) is 70.2 Å². The molecule has 6 heteroatoms. The van der Waals surface area contributed by atoms with E-state index in [0.717, 1.165) is 11.1 Å². The van der Waals surface area contributed by atoms with Crippen LogP contribution in [0, 0.1) is 21.4 Å². The number of hydrogen-bond acceptors (Lipinski definition) is 4. The highest BCUT2D eigenvalue weighted by Gasteiger charge is 2.13. The van der Waals surface area contributed by atoms with Crippen LogP contribution in [0.25, 0.3) is 22.6 Å². The van der Waals surface area contributed by atoms with Gasteiger partial charge in [-0.15, -0.1) is 0 Å². The fourth-order valence-electron chi connectivity index (χ4n) is 2.24. The van der Waals surface area contributed by atoms with Crippen molar-refractivity contribution in [2.24, 2.45) is 0 Å². The van der Waals surface area contributed by atoms with E-state index >= 15 is 0 Å². The van der Waals surface area contributed by atoms with E-state index in [0.29, 0.717) is 16.5 Å². The Morgan fingerprint density at radius 1 is 1.41 bits per heavy atom. The number of rotatable bonds is 3. The van der Waals surface area contributed by atoms with Crippen LogP contribution in [0.5, 0.6) is 0 Å². The smallest absolute Gasteiger partial charge is 0.270 e. The second-order valence-electron chi connectivity index (χ2n) is 4.65. The van der Waals surface area contributed by atoms with Gasteiger partial charge in [0.1, 0.15) is 0 Å². The summed E-state index contributed by atoms with van der Waals surface area (Å²) in [5.41, 5.74) is 2.57. The van der Waals surface area contributed by atoms with Gasteiger partial charge in [-0.3, -0.25) is 15.1 Å². The van der Waals surface area contributed by atoms with Gasteiger partial charge in [0.05, 0.1) is 16.6 Å². The molecule has 0 aliphatic heterocycles. The lowest BCUT2D eigenvalue weighted by atomic mass is 10.0. The number of allylic oxidation sites excluding steroid dienone is 1. The fourth-order valence-corrected chi connectivity index (χ4v) is 2.24. The number of benzene rings is 1. The lowest BCUT2D eigenvalue weighted by Gasteiger charge is -1.98. The maximum atomic E-state index is 10.9. The molecule has 0 radical (unpaired) electrons. The molecule has 0 saturated carbocycles. The second kappa shape index (κ2) is 5.50. The highest BCUT2D eigenvalue weighted by atomic mass is 16.6. The van der Waals surface area contributed by atoms with E-state index in [4.69, 9.17) is 0 Å². The fraction of sp³-hybridized carbons (Fsp3) is 0. The van der Waals surface area contributed by atoms with E-state index in [1.165, 1.54) is 12.1 Å². The minimum absolute atomic E-state index is 0.00739. The summed E-state index contributed by atoms with van der Waals surface area (Å²) < 4.78 is 0. The normalized spacial score (nSPS) is 11.3. The van der Waals surface area contributed by atoms with Gasteiger partial charge in [0.25, 0.3) is 5.69 Å². The molecule has 22 heavy (non-hydrogen) atoms. The quantitative estimate of drug-likeness (QED) is 0.453. The van der Waals surface area contributed by atoms with Crippen LogP contribution in [0.15, 0.2) is 48.9 Å². The number of H-pyrrole nitrogens is 1. The van der Waals surface area contributed by atoms with Gasteiger partial charge in [-0.25, -0.2) is 0 Å². The van der Waals surface area contributed by atoms with Crippen molar-refractivity contribution in [1.82, 2.24) is 9.97 Å². The minimum atomic E-state index is -0.451. The molecule has 6 nitrogen and oxygen atoms in total. The molecule has 0 aliphatic rings. The number of nitrogens with zero attached hydrogens (tertiary/aromatic N) is 3. The Morgan fingerprint density at radius 3 is 2.95 bits per heavy atom. The summed E-state index contributed by atoms with van der Waals surface area (Å²) in [7, 11) is 0. The largest absolute Gasteiger partial charge is 0.361 e. The number of aromatic nitrogens is 2. The number of pyridine rings is 1. The van der Waals surface area contributed by atoms with Gasteiger partial charge in [0, 0.05) is 47.2 Å². The van der Waals surface area contributed by atoms with Crippen molar-refractivity contribution >= 4 is 28.2 Å². The van der Waals surface area contributed by atoms with Gasteiger partial charge in [-0.05, 0) is 23.8 Å². The third-order valence-electron chi connectivity index (χ3n) is 3.28. The van der Waals surface area contributed by atoms with E-state index in [1.54, 1.807) is 36.8 Å². The van der Waals surface area contributed by atoms with Crippen LogP contribution >= 0.6 is 0 Å². The van der Waals surface area contributed by atoms with E-state index in [-0.39, 0.29) is 5.69 Å². The van der Waals surface area contributed by atoms with Crippen molar-refractivity contribution in [1.29, 1.82) is 5.26 Å². The van der Waals surface area contributed by atoms with Crippen LogP contribution in [0.1, 0.15) is 11.1 Å². The van der Waals surface area contributed by atoms with Crippen LogP contribution in [-0.4, -0.2) is 14.9 Å². The van der Waals surface area contributed by atoms with Gasteiger partial charge in [-0.2, -0.15) is 5.26 Å². The van der Waals surface area contributed by atoms with Crippen LogP contribution in [0.3, 0.4) is 0 Å². The zero-order chi connectivity index (χ0) is 15.5. The first kappa shape index (κ1) is 13.5. The van der Waals surface area contributed by atoms with E-state index in [1.807, 2.05) is 6.07 Å². The van der Waals surface area contributed by atoms with Gasteiger partial charge < -0.3 is 4.98 Å². The molecular weight excluding hydrogens is 280 g/mol. The van der Waals surface area contributed by atoms with Gasteiger partial charge >= 0.3 is 0 Å². The average Bonchev–Trinajstić information content (AvgIpc) is 2.96. The molecule has 0 aliphatic carbocycles. The second-order valence-corrected chi connectivity index (χ2v) is 4.65. The molecule has 0 fully saturated rings. The average molecular weight is 290 g/mol. The maximum absolute atomic E-state index is 10.9. The molecule has 0 amide bonds. The number of nitro benzene ring substituents is 1. The highest BCUT2D eigenvalue weighted by molar-refractivity contribution is 6.01. The summed E-state index contributed by atoms with van der Waals surface area (Å²) in [6, 6.07) is 10.3. The molecule has 106 valence electrons. The number of hydrogen-bond donors (Lipinski definition) is 1. The minimum Gasteiger partial charge on any atom is -0.361 e. The summed E-state index contributed by atoms with van der Waals surface area (Å²) in [6.45, 7) is 0. The number of nitriles is 1. The maximum Gasteiger partial charge on any atom is 0.270 e. The van der Waals surface area contributed by atoms with Crippen molar-refractivity contribution in [2.75, 3.05) is 0 Å². The highest BCUT2D eigenvalue weighted by Crippen LogP contribution is 2.29. The molecule has 1 N–H and O–H groups in total. The summed E-state index contributed by atoms with van der Waals surface area (Å²) >= 11 is 0. The molecular formula is C16H10N4O2. The summed E-state index contributed by atoms with van der Waals surface area (Å²) in [6.07, 6.45) is 6.68. The molecule has 1 aromatic carbocycles. The predicted molar refractivity (Wildman–Crippen MR) is 82.7 cm³/mol. The van der Waals surface area contributed by atoms with Gasteiger partial charge in [0.2, 0.25) is 0 Å². The standard InChI is InChI=1S/C16H10N4O2/c17-8-12(6-11-2-1-5-18-9-11)15-10-19-16-4-3-13(20(21)22)7-14(15)16/h1-7,9-10,19H. The van der Waals surface area contributed by atoms with E-state index < -0.39 is 4.92 Å². The molecule has 0 saturated heterocycles. The lowest BCUT2D eigenvalue weighted by Crippen LogP contribution is -1.87. The summed E-state index contributed by atoms with van der Waals surface area (Å²) in [5.74, 6) is 0. The van der Waals surface area contributed by atoms with Gasteiger partial charge in [-0.1, -0.05) is 6.07 Å². The van der Waals surface area contributed by atoms with Gasteiger partial charge in [0.15, 0.2) is 0 Å². The van der Waals surface area contributed by atoms with Crippen molar-refractivity contribution in [3.8, 4) is 6.07 Å². The Bertz CT molecular complexity index is 920. The lowest BCUT2D eigenvalue weighted by molar-refractivity contribution is -0.384. The zero-order valence-electron chi connectivity index (χ0n) is 11.4. The first-order chi connectivity index (χ1) is 10.7. The van der Waals surface area contributed by atoms with Crippen molar-refractivity contribution in [2.45, 2.75) is 0 Å². The SMILES string of the molecule is N#CC(=Cc1cccnc1)c1c[nH]c2ccc([N+](=O)[O-])cc12.